The molecule has 0 N–H and O–H groups in total. The standard InChI is InChI=1S/C27H37NO5/c1-6-22-19(3)23(18(2)14-25(22)32-16-26(29)31-5)15-21-12-13-24(33-17-30-4)27(28-21)20-10-8-7-9-11-20/h12-14,20H,6-11,15-17H2,1-5H3. The second-order valence-corrected chi connectivity index (χ2v) is 8.74. The number of ether oxygens (including phenoxy) is 4. The number of pyridine rings is 1. The van der Waals surface area contributed by atoms with Crippen LogP contribution in [0.25, 0.3) is 0 Å². The normalized spacial score (nSPS) is 14.2. The van der Waals surface area contributed by atoms with Crippen molar-refractivity contribution in [2.24, 2.45) is 0 Å². The van der Waals surface area contributed by atoms with E-state index < -0.39 is 0 Å². The van der Waals surface area contributed by atoms with E-state index in [0.29, 0.717) is 5.92 Å². The molecule has 1 aromatic heterocycles. The van der Waals surface area contributed by atoms with Gasteiger partial charge < -0.3 is 18.9 Å². The molecular weight excluding hydrogens is 418 g/mol. The van der Waals surface area contributed by atoms with Crippen molar-refractivity contribution in [3.05, 3.63) is 51.8 Å². The number of hydrogen-bond donors (Lipinski definition) is 0. The highest BCUT2D eigenvalue weighted by atomic mass is 16.7. The number of benzene rings is 1. The Morgan fingerprint density at radius 2 is 1.79 bits per heavy atom. The van der Waals surface area contributed by atoms with Gasteiger partial charge in [0.1, 0.15) is 11.5 Å². The van der Waals surface area contributed by atoms with Crippen LogP contribution >= 0.6 is 0 Å². The van der Waals surface area contributed by atoms with Crippen LogP contribution < -0.4 is 9.47 Å². The number of carbonyl (C=O) groups excluding carboxylic acids is 1. The molecule has 0 aliphatic heterocycles. The fourth-order valence-corrected chi connectivity index (χ4v) is 4.77. The summed E-state index contributed by atoms with van der Waals surface area (Å²) in [6.45, 7) is 6.46. The minimum absolute atomic E-state index is 0.0863. The molecular formula is C27H37NO5. The second kappa shape index (κ2) is 12.0. The average Bonchev–Trinajstić information content (AvgIpc) is 2.84. The third kappa shape index (κ3) is 6.26. The lowest BCUT2D eigenvalue weighted by Crippen LogP contribution is -2.14. The first-order chi connectivity index (χ1) is 16.0. The number of aromatic nitrogens is 1. The van der Waals surface area contributed by atoms with Gasteiger partial charge in [-0.2, -0.15) is 0 Å². The first-order valence-corrected chi connectivity index (χ1v) is 11.9. The Morgan fingerprint density at radius 3 is 2.45 bits per heavy atom. The molecule has 0 unspecified atom stereocenters. The summed E-state index contributed by atoms with van der Waals surface area (Å²) < 4.78 is 21.5. The van der Waals surface area contributed by atoms with Crippen LogP contribution in [0.1, 0.15) is 78.6 Å². The van der Waals surface area contributed by atoms with Gasteiger partial charge >= 0.3 is 5.97 Å². The Labute approximate surface area is 197 Å². The van der Waals surface area contributed by atoms with Crippen molar-refractivity contribution in [2.75, 3.05) is 27.6 Å². The van der Waals surface area contributed by atoms with Crippen molar-refractivity contribution in [3.8, 4) is 11.5 Å². The van der Waals surface area contributed by atoms with Crippen molar-refractivity contribution in [1.82, 2.24) is 4.98 Å². The molecule has 6 heteroatoms. The van der Waals surface area contributed by atoms with Crippen molar-refractivity contribution >= 4 is 5.97 Å². The lowest BCUT2D eigenvalue weighted by Gasteiger charge is -2.24. The molecule has 1 fully saturated rings. The van der Waals surface area contributed by atoms with Crippen molar-refractivity contribution in [3.63, 3.8) is 0 Å². The Morgan fingerprint density at radius 1 is 1.03 bits per heavy atom. The summed E-state index contributed by atoms with van der Waals surface area (Å²) >= 11 is 0. The number of aryl methyl sites for hydroxylation is 1. The van der Waals surface area contributed by atoms with E-state index in [1.165, 1.54) is 37.5 Å². The molecule has 2 aromatic rings. The summed E-state index contributed by atoms with van der Waals surface area (Å²) in [5.41, 5.74) is 6.80. The van der Waals surface area contributed by atoms with E-state index in [1.54, 1.807) is 7.11 Å². The number of carbonyl (C=O) groups is 1. The van der Waals surface area contributed by atoms with E-state index >= 15 is 0 Å². The lowest BCUT2D eigenvalue weighted by molar-refractivity contribution is -0.142. The second-order valence-electron chi connectivity index (χ2n) is 8.74. The predicted octanol–water partition coefficient (Wildman–Crippen LogP) is 5.43. The van der Waals surface area contributed by atoms with Gasteiger partial charge in [0.2, 0.25) is 0 Å². The minimum Gasteiger partial charge on any atom is -0.482 e. The van der Waals surface area contributed by atoms with Crippen molar-refractivity contribution < 1.29 is 23.7 Å². The minimum atomic E-state index is -0.383. The summed E-state index contributed by atoms with van der Waals surface area (Å²) in [5, 5.41) is 0. The number of methoxy groups -OCH3 is 2. The number of hydrogen-bond acceptors (Lipinski definition) is 6. The number of nitrogens with zero attached hydrogens (tertiary/aromatic N) is 1. The van der Waals surface area contributed by atoms with Gasteiger partial charge in [0, 0.05) is 25.1 Å². The van der Waals surface area contributed by atoms with Crippen LogP contribution in [0.5, 0.6) is 11.5 Å². The van der Waals surface area contributed by atoms with Gasteiger partial charge in [0.15, 0.2) is 13.4 Å². The molecule has 0 amide bonds. The quantitative estimate of drug-likeness (QED) is 0.351. The smallest absolute Gasteiger partial charge is 0.343 e. The van der Waals surface area contributed by atoms with E-state index in [-0.39, 0.29) is 19.4 Å². The summed E-state index contributed by atoms with van der Waals surface area (Å²) in [5.74, 6) is 1.64. The summed E-state index contributed by atoms with van der Waals surface area (Å²) in [6, 6.07) is 6.14. The fourth-order valence-electron chi connectivity index (χ4n) is 4.77. The number of rotatable bonds is 10. The lowest BCUT2D eigenvalue weighted by atomic mass is 9.86. The van der Waals surface area contributed by atoms with Crippen molar-refractivity contribution in [2.45, 2.75) is 71.6 Å². The van der Waals surface area contributed by atoms with Gasteiger partial charge in [0.25, 0.3) is 0 Å². The molecule has 0 saturated heterocycles. The first kappa shape index (κ1) is 25.0. The third-order valence-electron chi connectivity index (χ3n) is 6.58. The van der Waals surface area contributed by atoms with Gasteiger partial charge in [-0.15, -0.1) is 0 Å². The summed E-state index contributed by atoms with van der Waals surface area (Å²) in [4.78, 5) is 16.6. The fraction of sp³-hybridized carbons (Fsp3) is 0.556. The van der Waals surface area contributed by atoms with E-state index in [2.05, 4.69) is 26.8 Å². The Hall–Kier alpha value is -2.60. The molecule has 3 rings (SSSR count). The summed E-state index contributed by atoms with van der Waals surface area (Å²) in [7, 11) is 3.00. The van der Waals surface area contributed by atoms with Gasteiger partial charge in [-0.1, -0.05) is 26.2 Å². The van der Waals surface area contributed by atoms with Gasteiger partial charge in [-0.05, 0) is 73.6 Å². The van der Waals surface area contributed by atoms with E-state index in [0.717, 1.165) is 59.7 Å². The SMILES string of the molecule is CCc1c(OCC(=O)OC)cc(C)c(Cc2ccc(OCOC)c(C3CCCCC3)n2)c1C. The molecule has 33 heavy (non-hydrogen) atoms. The van der Waals surface area contributed by atoms with Gasteiger partial charge in [-0.3, -0.25) is 4.98 Å². The monoisotopic (exact) mass is 455 g/mol. The topological polar surface area (TPSA) is 66.9 Å². The van der Waals surface area contributed by atoms with Crippen LogP contribution in [0.2, 0.25) is 0 Å². The number of esters is 1. The Balaban J connectivity index is 1.90. The zero-order valence-electron chi connectivity index (χ0n) is 20.7. The molecule has 180 valence electrons. The van der Waals surface area contributed by atoms with Gasteiger partial charge in [0.05, 0.1) is 12.8 Å². The van der Waals surface area contributed by atoms with E-state index in [1.807, 2.05) is 12.1 Å². The molecule has 1 saturated carbocycles. The third-order valence-corrected chi connectivity index (χ3v) is 6.58. The highest BCUT2D eigenvalue weighted by Gasteiger charge is 2.22. The van der Waals surface area contributed by atoms with Crippen LogP contribution in [0.3, 0.4) is 0 Å². The molecule has 0 radical (unpaired) electrons. The van der Waals surface area contributed by atoms with E-state index in [4.69, 9.17) is 23.9 Å². The largest absolute Gasteiger partial charge is 0.482 e. The van der Waals surface area contributed by atoms with Crippen LogP contribution in [0.15, 0.2) is 18.2 Å². The molecule has 1 aliphatic rings. The highest BCUT2D eigenvalue weighted by molar-refractivity contribution is 5.71. The van der Waals surface area contributed by atoms with Crippen LogP contribution in [-0.4, -0.2) is 38.6 Å². The zero-order chi connectivity index (χ0) is 23.8. The predicted molar refractivity (Wildman–Crippen MR) is 128 cm³/mol. The van der Waals surface area contributed by atoms with Crippen LogP contribution in [-0.2, 0) is 27.1 Å². The molecule has 1 heterocycles. The van der Waals surface area contributed by atoms with E-state index in [9.17, 15) is 4.79 Å². The van der Waals surface area contributed by atoms with Crippen LogP contribution in [0, 0.1) is 13.8 Å². The molecule has 0 atom stereocenters. The summed E-state index contributed by atoms with van der Waals surface area (Å²) in [6.07, 6.45) is 7.66. The van der Waals surface area contributed by atoms with Gasteiger partial charge in [-0.25, -0.2) is 4.79 Å². The zero-order valence-corrected chi connectivity index (χ0v) is 20.7. The molecule has 6 nitrogen and oxygen atoms in total. The van der Waals surface area contributed by atoms with Crippen LogP contribution in [0.4, 0.5) is 0 Å². The molecule has 0 spiro atoms. The maximum Gasteiger partial charge on any atom is 0.343 e. The molecule has 1 aromatic carbocycles. The maximum atomic E-state index is 11.5. The highest BCUT2D eigenvalue weighted by Crippen LogP contribution is 2.37. The molecule has 0 bridgehead atoms. The first-order valence-electron chi connectivity index (χ1n) is 11.9. The van der Waals surface area contributed by atoms with Crippen molar-refractivity contribution in [1.29, 1.82) is 0 Å². The Bertz CT molecular complexity index is 950. The molecule has 1 aliphatic carbocycles. The average molecular weight is 456 g/mol. The maximum absolute atomic E-state index is 11.5. The Kier molecular flexibility index (Phi) is 9.12.